The average Bonchev–Trinajstić information content (AvgIpc) is 2.49. The van der Waals surface area contributed by atoms with E-state index >= 15 is 0 Å². The Labute approximate surface area is 105 Å². The first-order valence-corrected chi connectivity index (χ1v) is 7.08. The monoisotopic (exact) mass is 289 g/mol. The highest BCUT2D eigenvalue weighted by Gasteiger charge is 2.08. The Balaban J connectivity index is 2.07. The van der Waals surface area contributed by atoms with Gasteiger partial charge in [0, 0.05) is 21.3 Å². The predicted octanol–water partition coefficient (Wildman–Crippen LogP) is 4.43. The molecular formula is C12H20BrNS. The van der Waals surface area contributed by atoms with Crippen LogP contribution in [0.4, 0.5) is 0 Å². The Morgan fingerprint density at radius 1 is 1.40 bits per heavy atom. The van der Waals surface area contributed by atoms with Gasteiger partial charge < -0.3 is 5.32 Å². The zero-order valence-corrected chi connectivity index (χ0v) is 12.2. The molecule has 0 aliphatic carbocycles. The van der Waals surface area contributed by atoms with Crippen LogP contribution in [0.3, 0.4) is 0 Å². The lowest BCUT2D eigenvalue weighted by Gasteiger charge is -2.17. The van der Waals surface area contributed by atoms with Crippen molar-refractivity contribution in [1.82, 2.24) is 5.32 Å². The molecule has 1 rings (SSSR count). The van der Waals surface area contributed by atoms with Crippen molar-refractivity contribution in [3.63, 3.8) is 0 Å². The number of rotatable bonds is 5. The highest BCUT2D eigenvalue weighted by atomic mass is 79.9. The first kappa shape index (κ1) is 13.2. The van der Waals surface area contributed by atoms with Crippen molar-refractivity contribution in [2.75, 3.05) is 6.54 Å². The smallest absolute Gasteiger partial charge is 0.0300 e. The fourth-order valence-electron chi connectivity index (χ4n) is 1.40. The maximum atomic E-state index is 3.48. The second-order valence-corrected chi connectivity index (χ2v) is 6.98. The minimum absolute atomic E-state index is 0.466. The van der Waals surface area contributed by atoms with Crippen LogP contribution in [0, 0.1) is 5.41 Å². The van der Waals surface area contributed by atoms with E-state index in [0.717, 1.165) is 13.1 Å². The lowest BCUT2D eigenvalue weighted by Crippen LogP contribution is -2.16. The topological polar surface area (TPSA) is 12.0 Å². The number of thiophene rings is 1. The highest BCUT2D eigenvalue weighted by Crippen LogP contribution is 2.21. The first-order chi connectivity index (χ1) is 6.97. The van der Waals surface area contributed by atoms with Gasteiger partial charge in [-0.15, -0.1) is 11.3 Å². The van der Waals surface area contributed by atoms with E-state index in [9.17, 15) is 0 Å². The summed E-state index contributed by atoms with van der Waals surface area (Å²) in [4.78, 5) is 1.40. The molecule has 0 saturated heterocycles. The fraction of sp³-hybridized carbons (Fsp3) is 0.667. The van der Waals surface area contributed by atoms with Gasteiger partial charge in [0.1, 0.15) is 0 Å². The summed E-state index contributed by atoms with van der Waals surface area (Å²) in [5, 5.41) is 5.61. The minimum Gasteiger partial charge on any atom is -0.312 e. The lowest BCUT2D eigenvalue weighted by molar-refractivity contribution is 0.361. The normalized spacial score (nSPS) is 12.0. The predicted molar refractivity (Wildman–Crippen MR) is 72.4 cm³/mol. The zero-order valence-electron chi connectivity index (χ0n) is 9.77. The van der Waals surface area contributed by atoms with Crippen molar-refractivity contribution in [2.45, 2.75) is 40.2 Å². The van der Waals surface area contributed by atoms with E-state index in [-0.39, 0.29) is 0 Å². The molecule has 0 saturated carbocycles. The average molecular weight is 290 g/mol. The van der Waals surface area contributed by atoms with E-state index in [0.29, 0.717) is 5.41 Å². The summed E-state index contributed by atoms with van der Waals surface area (Å²) in [5.74, 6) is 0. The number of hydrogen-bond donors (Lipinski definition) is 1. The Morgan fingerprint density at radius 3 is 2.67 bits per heavy atom. The molecule has 0 aromatic carbocycles. The van der Waals surface area contributed by atoms with Crippen LogP contribution in [0.1, 0.15) is 38.5 Å². The first-order valence-electron chi connectivity index (χ1n) is 5.41. The van der Waals surface area contributed by atoms with Crippen molar-refractivity contribution in [1.29, 1.82) is 0 Å². The highest BCUT2D eigenvalue weighted by molar-refractivity contribution is 9.10. The Hall–Kier alpha value is 0.140. The van der Waals surface area contributed by atoms with Gasteiger partial charge in [0.25, 0.3) is 0 Å². The molecule has 1 N–H and O–H groups in total. The van der Waals surface area contributed by atoms with Gasteiger partial charge in [-0.1, -0.05) is 20.8 Å². The van der Waals surface area contributed by atoms with Crippen LogP contribution in [0.25, 0.3) is 0 Å². The van der Waals surface area contributed by atoms with E-state index in [1.165, 1.54) is 22.2 Å². The van der Waals surface area contributed by atoms with Gasteiger partial charge in [0.15, 0.2) is 0 Å². The molecule has 0 radical (unpaired) electrons. The maximum absolute atomic E-state index is 3.48. The molecule has 0 atom stereocenters. The molecule has 1 aromatic rings. The summed E-state index contributed by atoms with van der Waals surface area (Å²) in [7, 11) is 0. The summed E-state index contributed by atoms with van der Waals surface area (Å²) in [6.45, 7) is 9.00. The van der Waals surface area contributed by atoms with Gasteiger partial charge in [-0.05, 0) is 46.8 Å². The third-order valence-electron chi connectivity index (χ3n) is 2.20. The van der Waals surface area contributed by atoms with Crippen LogP contribution >= 0.6 is 27.3 Å². The minimum atomic E-state index is 0.466. The molecule has 0 aliphatic heterocycles. The van der Waals surface area contributed by atoms with Crippen LogP contribution in [-0.4, -0.2) is 6.54 Å². The van der Waals surface area contributed by atoms with E-state index in [1.54, 1.807) is 11.3 Å². The quantitative estimate of drug-likeness (QED) is 0.791. The molecule has 0 amide bonds. The van der Waals surface area contributed by atoms with Gasteiger partial charge in [0.2, 0.25) is 0 Å². The Bertz CT molecular complexity index is 288. The van der Waals surface area contributed by atoms with Crippen LogP contribution in [0.2, 0.25) is 0 Å². The summed E-state index contributed by atoms with van der Waals surface area (Å²) < 4.78 is 1.19. The van der Waals surface area contributed by atoms with Crippen molar-refractivity contribution < 1.29 is 0 Å². The van der Waals surface area contributed by atoms with E-state index in [4.69, 9.17) is 0 Å². The van der Waals surface area contributed by atoms with Gasteiger partial charge in [-0.3, -0.25) is 0 Å². The molecule has 1 nitrogen and oxygen atoms in total. The Kier molecular flexibility index (Phi) is 5.30. The Morgan fingerprint density at radius 2 is 2.13 bits per heavy atom. The van der Waals surface area contributed by atoms with Gasteiger partial charge >= 0.3 is 0 Å². The summed E-state index contributed by atoms with van der Waals surface area (Å²) in [6.07, 6.45) is 2.55. The van der Waals surface area contributed by atoms with Crippen LogP contribution in [0.15, 0.2) is 15.9 Å². The van der Waals surface area contributed by atoms with E-state index in [1.807, 2.05) is 0 Å². The number of halogens is 1. The van der Waals surface area contributed by atoms with Gasteiger partial charge in [-0.25, -0.2) is 0 Å². The summed E-state index contributed by atoms with van der Waals surface area (Å²) in [5.41, 5.74) is 0.466. The molecule has 0 fully saturated rings. The summed E-state index contributed by atoms with van der Waals surface area (Å²) in [6, 6.07) is 2.18. The van der Waals surface area contributed by atoms with Crippen molar-refractivity contribution in [3.8, 4) is 0 Å². The third-order valence-corrected chi connectivity index (χ3v) is 3.90. The fourth-order valence-corrected chi connectivity index (χ4v) is 2.82. The van der Waals surface area contributed by atoms with Crippen molar-refractivity contribution >= 4 is 27.3 Å². The van der Waals surface area contributed by atoms with Crippen molar-refractivity contribution in [3.05, 3.63) is 20.8 Å². The zero-order chi connectivity index (χ0) is 11.3. The van der Waals surface area contributed by atoms with E-state index in [2.05, 4.69) is 53.5 Å². The molecule has 0 spiro atoms. The SMILES string of the molecule is CC(C)(C)CCCNCc1cc(Br)cs1. The molecule has 1 heterocycles. The molecule has 15 heavy (non-hydrogen) atoms. The van der Waals surface area contributed by atoms with Crippen molar-refractivity contribution in [2.24, 2.45) is 5.41 Å². The third kappa shape index (κ3) is 6.33. The molecule has 86 valence electrons. The molecule has 0 aliphatic rings. The standard InChI is InChI=1S/C12H20BrNS/c1-12(2,3)5-4-6-14-8-11-7-10(13)9-15-11/h7,9,14H,4-6,8H2,1-3H3. The van der Waals surface area contributed by atoms with Crippen LogP contribution in [-0.2, 0) is 6.54 Å². The van der Waals surface area contributed by atoms with Crippen LogP contribution in [0.5, 0.6) is 0 Å². The second kappa shape index (κ2) is 6.02. The van der Waals surface area contributed by atoms with Gasteiger partial charge in [-0.2, -0.15) is 0 Å². The maximum Gasteiger partial charge on any atom is 0.0300 e. The molecule has 0 bridgehead atoms. The van der Waals surface area contributed by atoms with Gasteiger partial charge in [0.05, 0.1) is 0 Å². The van der Waals surface area contributed by atoms with E-state index < -0.39 is 0 Å². The van der Waals surface area contributed by atoms with Crippen LogP contribution < -0.4 is 5.32 Å². The second-order valence-electron chi connectivity index (χ2n) is 5.07. The lowest BCUT2D eigenvalue weighted by atomic mass is 9.91. The number of hydrogen-bond acceptors (Lipinski definition) is 2. The molecule has 3 heteroatoms. The molecule has 1 aromatic heterocycles. The molecular weight excluding hydrogens is 270 g/mol. The summed E-state index contributed by atoms with van der Waals surface area (Å²) >= 11 is 5.27. The number of nitrogens with one attached hydrogen (secondary N) is 1. The molecule has 0 unspecified atom stereocenters. The largest absolute Gasteiger partial charge is 0.312 e.